The number of halogens is 1. The number of likely N-dealkylation sites (N-methyl/N-ethyl adjacent to an activating group) is 1. The van der Waals surface area contributed by atoms with Crippen LogP contribution in [0.3, 0.4) is 0 Å². The SMILES string of the molecule is CCN1CC=C2C(C#N)=C(N)C(C#N)(C#N)C(c3cccc(Br)c3)C2C1.CCO. The molecule has 6 nitrogen and oxygen atoms in total. The number of aliphatic hydroxyl groups excluding tert-OH is 1. The van der Waals surface area contributed by atoms with Crippen LogP contribution in [0.25, 0.3) is 0 Å². The summed E-state index contributed by atoms with van der Waals surface area (Å²) in [4.78, 5) is 2.25. The Balaban J connectivity index is 0.000000941. The van der Waals surface area contributed by atoms with Gasteiger partial charge in [-0.05, 0) is 36.7 Å². The van der Waals surface area contributed by atoms with Gasteiger partial charge >= 0.3 is 0 Å². The predicted octanol–water partition coefficient (Wildman–Crippen LogP) is 3.19. The molecule has 1 heterocycles. The number of nitriles is 3. The number of allylic oxidation sites excluding steroid dienone is 2. The number of nitrogens with two attached hydrogens (primary N) is 1. The van der Waals surface area contributed by atoms with Crippen molar-refractivity contribution in [2.24, 2.45) is 17.1 Å². The minimum Gasteiger partial charge on any atom is -0.399 e. The first-order chi connectivity index (χ1) is 13.9. The molecule has 0 bridgehead atoms. The standard InChI is InChI=1S/C20H18BrN5.C2H6O/c1-2-26-7-6-15-16(9-22)19(25)20(11-23,12-24)18(17(15)10-26)13-4-3-5-14(21)8-13;1-2-3/h3-6,8,17-18H,2,7,10,25H2,1H3;3H,2H2,1H3. The molecule has 1 aromatic rings. The van der Waals surface area contributed by atoms with Gasteiger partial charge in [0.05, 0.1) is 23.4 Å². The van der Waals surface area contributed by atoms with Gasteiger partial charge in [-0.1, -0.05) is 41.1 Å². The van der Waals surface area contributed by atoms with Gasteiger partial charge in [-0.25, -0.2) is 0 Å². The fraction of sp³-hybridized carbons (Fsp3) is 0.409. The molecule has 2 aliphatic rings. The van der Waals surface area contributed by atoms with E-state index in [4.69, 9.17) is 10.8 Å². The van der Waals surface area contributed by atoms with Gasteiger partial charge in [0.1, 0.15) is 6.07 Å². The smallest absolute Gasteiger partial charge is 0.191 e. The van der Waals surface area contributed by atoms with Gasteiger partial charge in [-0.3, -0.25) is 4.90 Å². The highest BCUT2D eigenvalue weighted by Crippen LogP contribution is 2.54. The van der Waals surface area contributed by atoms with Crippen molar-refractivity contribution in [2.75, 3.05) is 26.2 Å². The minimum atomic E-state index is -1.56. The molecule has 0 saturated heterocycles. The first kappa shape index (κ1) is 22.7. The van der Waals surface area contributed by atoms with Gasteiger partial charge in [-0.2, -0.15) is 15.8 Å². The van der Waals surface area contributed by atoms with Gasteiger partial charge in [0.2, 0.25) is 0 Å². The second-order valence-corrected chi connectivity index (χ2v) is 7.81. The molecule has 0 aromatic heterocycles. The number of benzene rings is 1. The largest absolute Gasteiger partial charge is 0.399 e. The molecule has 1 aromatic carbocycles. The molecule has 0 saturated carbocycles. The lowest BCUT2D eigenvalue weighted by Gasteiger charge is -2.45. The highest BCUT2D eigenvalue weighted by atomic mass is 79.9. The van der Waals surface area contributed by atoms with E-state index in [1.54, 1.807) is 6.92 Å². The molecular weight excluding hydrogens is 430 g/mol. The van der Waals surface area contributed by atoms with Crippen LogP contribution in [0.2, 0.25) is 0 Å². The van der Waals surface area contributed by atoms with Crippen molar-refractivity contribution < 1.29 is 5.11 Å². The van der Waals surface area contributed by atoms with E-state index < -0.39 is 11.3 Å². The molecule has 2 unspecified atom stereocenters. The Morgan fingerprint density at radius 1 is 1.28 bits per heavy atom. The van der Waals surface area contributed by atoms with Gasteiger partial charge in [-0.15, -0.1) is 0 Å². The molecule has 0 radical (unpaired) electrons. The Bertz CT molecular complexity index is 933. The fourth-order valence-electron chi connectivity index (χ4n) is 4.07. The number of hydrogen-bond donors (Lipinski definition) is 2. The zero-order valence-electron chi connectivity index (χ0n) is 16.6. The summed E-state index contributed by atoms with van der Waals surface area (Å²) in [6.45, 7) is 6.28. The van der Waals surface area contributed by atoms with E-state index in [1.165, 1.54) is 0 Å². The highest BCUT2D eigenvalue weighted by molar-refractivity contribution is 9.10. The average molecular weight is 454 g/mol. The van der Waals surface area contributed by atoms with Crippen molar-refractivity contribution in [1.29, 1.82) is 15.8 Å². The Morgan fingerprint density at radius 2 is 1.93 bits per heavy atom. The summed E-state index contributed by atoms with van der Waals surface area (Å²) in [6.07, 6.45) is 2.02. The fourth-order valence-corrected chi connectivity index (χ4v) is 4.49. The third-order valence-electron chi connectivity index (χ3n) is 5.40. The Labute approximate surface area is 180 Å². The number of nitrogens with zero attached hydrogens (tertiary/aromatic N) is 4. The van der Waals surface area contributed by atoms with Gasteiger partial charge < -0.3 is 10.8 Å². The summed E-state index contributed by atoms with van der Waals surface area (Å²) in [6, 6.07) is 14.1. The third kappa shape index (κ3) is 4.07. The van der Waals surface area contributed by atoms with Crippen LogP contribution in [0.5, 0.6) is 0 Å². The van der Waals surface area contributed by atoms with Crippen LogP contribution in [0.15, 0.2) is 51.7 Å². The maximum Gasteiger partial charge on any atom is 0.191 e. The van der Waals surface area contributed by atoms with E-state index in [0.29, 0.717) is 12.1 Å². The van der Waals surface area contributed by atoms with Crippen LogP contribution in [0.4, 0.5) is 0 Å². The molecule has 29 heavy (non-hydrogen) atoms. The first-order valence-corrected chi connectivity index (χ1v) is 10.2. The van der Waals surface area contributed by atoms with Gasteiger partial charge in [0, 0.05) is 36.0 Å². The number of hydrogen-bond acceptors (Lipinski definition) is 6. The molecule has 0 amide bonds. The van der Waals surface area contributed by atoms with Crippen LogP contribution in [0, 0.1) is 45.3 Å². The van der Waals surface area contributed by atoms with Crippen molar-refractivity contribution in [3.05, 3.63) is 57.2 Å². The monoisotopic (exact) mass is 453 g/mol. The van der Waals surface area contributed by atoms with Crippen molar-refractivity contribution in [3.8, 4) is 18.2 Å². The van der Waals surface area contributed by atoms with E-state index >= 15 is 0 Å². The summed E-state index contributed by atoms with van der Waals surface area (Å²) in [5.41, 5.74) is 6.81. The van der Waals surface area contributed by atoms with E-state index in [-0.39, 0.29) is 18.2 Å². The maximum atomic E-state index is 10.00. The van der Waals surface area contributed by atoms with Crippen LogP contribution in [0.1, 0.15) is 25.3 Å². The molecule has 7 heteroatoms. The molecule has 0 fully saturated rings. The summed E-state index contributed by atoms with van der Waals surface area (Å²) in [5.74, 6) is -0.577. The second kappa shape index (κ2) is 9.72. The van der Waals surface area contributed by atoms with Crippen molar-refractivity contribution in [2.45, 2.75) is 19.8 Å². The average Bonchev–Trinajstić information content (AvgIpc) is 2.73. The van der Waals surface area contributed by atoms with Gasteiger partial charge in [0.25, 0.3) is 0 Å². The third-order valence-corrected chi connectivity index (χ3v) is 5.89. The Hall–Kier alpha value is -2.63. The quantitative estimate of drug-likeness (QED) is 0.708. The van der Waals surface area contributed by atoms with E-state index in [2.05, 4.69) is 46.0 Å². The number of fused-ring (bicyclic) bond motifs is 1. The number of aliphatic hydroxyl groups is 1. The second-order valence-electron chi connectivity index (χ2n) is 6.90. The number of rotatable bonds is 2. The molecular formula is C22H24BrN5O. The molecule has 3 N–H and O–H groups in total. The molecule has 2 atom stereocenters. The molecule has 150 valence electrons. The highest BCUT2D eigenvalue weighted by Gasteiger charge is 2.54. The van der Waals surface area contributed by atoms with Gasteiger partial charge in [0.15, 0.2) is 5.41 Å². The van der Waals surface area contributed by atoms with Crippen LogP contribution < -0.4 is 5.73 Å². The van der Waals surface area contributed by atoms with Crippen molar-refractivity contribution in [3.63, 3.8) is 0 Å². The Kier molecular flexibility index (Phi) is 7.59. The lowest BCUT2D eigenvalue weighted by Crippen LogP contribution is -2.48. The minimum absolute atomic E-state index is 0.0717. The first-order valence-electron chi connectivity index (χ1n) is 9.45. The molecule has 0 spiro atoms. The molecule has 1 aliphatic carbocycles. The summed E-state index contributed by atoms with van der Waals surface area (Å²) >= 11 is 3.48. The van der Waals surface area contributed by atoms with Crippen molar-refractivity contribution in [1.82, 2.24) is 4.90 Å². The molecule has 3 rings (SSSR count). The van der Waals surface area contributed by atoms with E-state index in [1.807, 2.05) is 30.3 Å². The van der Waals surface area contributed by atoms with E-state index in [0.717, 1.165) is 28.7 Å². The zero-order valence-corrected chi connectivity index (χ0v) is 18.1. The zero-order chi connectivity index (χ0) is 21.6. The van der Waals surface area contributed by atoms with Crippen molar-refractivity contribution >= 4 is 15.9 Å². The Morgan fingerprint density at radius 3 is 2.45 bits per heavy atom. The van der Waals surface area contributed by atoms with E-state index in [9.17, 15) is 15.8 Å². The lowest BCUT2D eigenvalue weighted by atomic mass is 9.58. The van der Waals surface area contributed by atoms with Crippen LogP contribution in [-0.4, -0.2) is 36.2 Å². The topological polar surface area (TPSA) is 121 Å². The lowest BCUT2D eigenvalue weighted by molar-refractivity contribution is 0.214. The maximum absolute atomic E-state index is 10.00. The van der Waals surface area contributed by atoms with Crippen LogP contribution in [-0.2, 0) is 0 Å². The normalized spacial score (nSPS) is 22.7. The molecule has 1 aliphatic heterocycles. The summed E-state index contributed by atoms with van der Waals surface area (Å²) in [5, 5.41) is 37.2. The summed E-state index contributed by atoms with van der Waals surface area (Å²) in [7, 11) is 0. The van der Waals surface area contributed by atoms with Crippen LogP contribution >= 0.6 is 15.9 Å². The predicted molar refractivity (Wildman–Crippen MR) is 114 cm³/mol. The summed E-state index contributed by atoms with van der Waals surface area (Å²) < 4.78 is 0.877.